The highest BCUT2D eigenvalue weighted by atomic mass is 16.5. The van der Waals surface area contributed by atoms with Gasteiger partial charge in [-0.3, -0.25) is 4.99 Å². The fourth-order valence-corrected chi connectivity index (χ4v) is 2.24. The third-order valence-electron chi connectivity index (χ3n) is 3.38. The first-order valence-electron chi connectivity index (χ1n) is 7.18. The average Bonchev–Trinajstić information content (AvgIpc) is 2.96. The molecule has 6 heteroatoms. The molecule has 0 spiro atoms. The molecule has 0 saturated carbocycles. The lowest BCUT2D eigenvalue weighted by Gasteiger charge is -2.27. The minimum absolute atomic E-state index is 0.307. The molecule has 2 fully saturated rings. The van der Waals surface area contributed by atoms with Gasteiger partial charge in [0.2, 0.25) is 0 Å². The van der Waals surface area contributed by atoms with Crippen molar-refractivity contribution < 1.29 is 14.2 Å². The molecule has 0 bridgehead atoms. The molecule has 0 aromatic heterocycles. The second kappa shape index (κ2) is 8.35. The predicted octanol–water partition coefficient (Wildman–Crippen LogP) is 0.219. The minimum atomic E-state index is 0.307. The first-order chi connectivity index (χ1) is 9.36. The quantitative estimate of drug-likeness (QED) is 0.425. The summed E-state index contributed by atoms with van der Waals surface area (Å²) in [6.07, 6.45) is 3.50. The summed E-state index contributed by atoms with van der Waals surface area (Å²) < 4.78 is 16.3. The van der Waals surface area contributed by atoms with Crippen molar-refractivity contribution >= 4 is 5.96 Å². The lowest BCUT2D eigenvalue weighted by molar-refractivity contribution is 0.0170. The molecule has 0 aliphatic carbocycles. The zero-order valence-electron chi connectivity index (χ0n) is 11.6. The van der Waals surface area contributed by atoms with E-state index in [0.29, 0.717) is 25.2 Å². The number of morpholine rings is 1. The highest BCUT2D eigenvalue weighted by Gasteiger charge is 2.15. The Hall–Kier alpha value is -0.850. The minimum Gasteiger partial charge on any atom is -0.379 e. The van der Waals surface area contributed by atoms with Gasteiger partial charge >= 0.3 is 0 Å². The summed E-state index contributed by atoms with van der Waals surface area (Å²) in [5, 5.41) is 0. The molecule has 0 aromatic rings. The zero-order chi connectivity index (χ0) is 13.3. The van der Waals surface area contributed by atoms with Gasteiger partial charge in [-0.2, -0.15) is 0 Å². The van der Waals surface area contributed by atoms with E-state index in [9.17, 15) is 0 Å². The fraction of sp³-hybridized carbons (Fsp3) is 0.923. The van der Waals surface area contributed by atoms with E-state index in [-0.39, 0.29) is 0 Å². The van der Waals surface area contributed by atoms with Crippen molar-refractivity contribution in [1.82, 2.24) is 4.90 Å². The van der Waals surface area contributed by atoms with Crippen LogP contribution in [-0.2, 0) is 14.2 Å². The molecule has 1 unspecified atom stereocenters. The zero-order valence-corrected chi connectivity index (χ0v) is 11.6. The summed E-state index contributed by atoms with van der Waals surface area (Å²) in [5.74, 6) is 0.627. The molecule has 2 aliphatic heterocycles. The Morgan fingerprint density at radius 1 is 1.32 bits per heavy atom. The normalized spacial score (nSPS) is 24.9. The van der Waals surface area contributed by atoms with Crippen LogP contribution in [0.25, 0.3) is 0 Å². The Kier molecular flexibility index (Phi) is 6.39. The van der Waals surface area contributed by atoms with E-state index in [1.807, 2.05) is 0 Å². The van der Waals surface area contributed by atoms with Gasteiger partial charge in [0.25, 0.3) is 0 Å². The van der Waals surface area contributed by atoms with Gasteiger partial charge in [0.1, 0.15) is 0 Å². The van der Waals surface area contributed by atoms with E-state index in [0.717, 1.165) is 58.8 Å². The monoisotopic (exact) mass is 271 g/mol. The number of aliphatic imine (C=N–C) groups is 1. The smallest absolute Gasteiger partial charge is 0.191 e. The topological polar surface area (TPSA) is 69.3 Å². The summed E-state index contributed by atoms with van der Waals surface area (Å²) >= 11 is 0. The standard InChI is InChI=1S/C13H25N3O3/c14-13(16-5-9-17-10-6-16)15-4-2-7-18-11-12-3-1-8-19-12/h12H,1-11H2,(H2,14,15). The summed E-state index contributed by atoms with van der Waals surface area (Å²) in [5.41, 5.74) is 5.92. The van der Waals surface area contributed by atoms with Crippen LogP contribution in [0.3, 0.4) is 0 Å². The summed E-state index contributed by atoms with van der Waals surface area (Å²) in [6, 6.07) is 0. The molecule has 2 N–H and O–H groups in total. The van der Waals surface area contributed by atoms with Crippen LogP contribution in [0, 0.1) is 0 Å². The summed E-state index contributed by atoms with van der Waals surface area (Å²) in [4.78, 5) is 6.44. The first kappa shape index (κ1) is 14.6. The van der Waals surface area contributed by atoms with Crippen molar-refractivity contribution in [2.45, 2.75) is 25.4 Å². The molecule has 19 heavy (non-hydrogen) atoms. The second-order valence-corrected chi connectivity index (χ2v) is 4.90. The predicted molar refractivity (Wildman–Crippen MR) is 73.3 cm³/mol. The largest absolute Gasteiger partial charge is 0.379 e. The molecular weight excluding hydrogens is 246 g/mol. The van der Waals surface area contributed by atoms with Crippen molar-refractivity contribution in [2.24, 2.45) is 10.7 Å². The Balaban J connectivity index is 1.50. The Bertz CT molecular complexity index is 274. The average molecular weight is 271 g/mol. The number of nitrogens with two attached hydrogens (primary N) is 1. The van der Waals surface area contributed by atoms with Crippen molar-refractivity contribution in [2.75, 3.05) is 52.7 Å². The third kappa shape index (κ3) is 5.34. The van der Waals surface area contributed by atoms with Gasteiger partial charge in [-0.05, 0) is 19.3 Å². The lowest BCUT2D eigenvalue weighted by Crippen LogP contribution is -2.44. The number of guanidine groups is 1. The molecule has 2 heterocycles. The van der Waals surface area contributed by atoms with Gasteiger partial charge in [-0.25, -0.2) is 0 Å². The number of nitrogens with zero attached hydrogens (tertiary/aromatic N) is 2. The van der Waals surface area contributed by atoms with Crippen LogP contribution in [0.2, 0.25) is 0 Å². The Morgan fingerprint density at radius 3 is 2.89 bits per heavy atom. The molecule has 2 aliphatic rings. The van der Waals surface area contributed by atoms with Gasteiger partial charge in [0.05, 0.1) is 25.9 Å². The molecular formula is C13H25N3O3. The van der Waals surface area contributed by atoms with E-state index in [1.54, 1.807) is 0 Å². The van der Waals surface area contributed by atoms with Gasteiger partial charge < -0.3 is 24.8 Å². The molecule has 6 nitrogen and oxygen atoms in total. The van der Waals surface area contributed by atoms with Crippen LogP contribution in [0.5, 0.6) is 0 Å². The molecule has 2 saturated heterocycles. The molecule has 110 valence electrons. The van der Waals surface area contributed by atoms with Crippen LogP contribution in [-0.4, -0.2) is 69.6 Å². The van der Waals surface area contributed by atoms with Crippen LogP contribution >= 0.6 is 0 Å². The lowest BCUT2D eigenvalue weighted by atomic mass is 10.2. The maximum absolute atomic E-state index is 5.92. The van der Waals surface area contributed by atoms with E-state index in [2.05, 4.69) is 9.89 Å². The fourth-order valence-electron chi connectivity index (χ4n) is 2.24. The van der Waals surface area contributed by atoms with E-state index < -0.39 is 0 Å². The van der Waals surface area contributed by atoms with Crippen molar-refractivity contribution in [1.29, 1.82) is 0 Å². The third-order valence-corrected chi connectivity index (χ3v) is 3.38. The van der Waals surface area contributed by atoms with Crippen molar-refractivity contribution in [3.63, 3.8) is 0 Å². The Labute approximate surface area is 114 Å². The summed E-state index contributed by atoms with van der Waals surface area (Å²) in [7, 11) is 0. The number of hydrogen-bond donors (Lipinski definition) is 1. The van der Waals surface area contributed by atoms with Crippen LogP contribution in [0.15, 0.2) is 4.99 Å². The van der Waals surface area contributed by atoms with E-state index in [4.69, 9.17) is 19.9 Å². The van der Waals surface area contributed by atoms with Gasteiger partial charge in [0.15, 0.2) is 5.96 Å². The molecule has 0 amide bonds. The van der Waals surface area contributed by atoms with Gasteiger partial charge in [-0.15, -0.1) is 0 Å². The van der Waals surface area contributed by atoms with Crippen LogP contribution < -0.4 is 5.73 Å². The van der Waals surface area contributed by atoms with E-state index in [1.165, 1.54) is 0 Å². The molecule has 0 radical (unpaired) electrons. The van der Waals surface area contributed by atoms with Gasteiger partial charge in [0, 0.05) is 32.8 Å². The van der Waals surface area contributed by atoms with E-state index >= 15 is 0 Å². The highest BCUT2D eigenvalue weighted by Crippen LogP contribution is 2.11. The number of hydrogen-bond acceptors (Lipinski definition) is 4. The van der Waals surface area contributed by atoms with Gasteiger partial charge in [-0.1, -0.05) is 0 Å². The number of ether oxygens (including phenoxy) is 3. The van der Waals surface area contributed by atoms with Crippen molar-refractivity contribution in [3.05, 3.63) is 0 Å². The summed E-state index contributed by atoms with van der Waals surface area (Å²) in [6.45, 7) is 6.18. The Morgan fingerprint density at radius 2 is 2.16 bits per heavy atom. The number of rotatable bonds is 6. The second-order valence-electron chi connectivity index (χ2n) is 4.90. The van der Waals surface area contributed by atoms with Crippen LogP contribution in [0.1, 0.15) is 19.3 Å². The maximum atomic E-state index is 5.92. The molecule has 1 atom stereocenters. The molecule has 2 rings (SSSR count). The SMILES string of the molecule is NC(=NCCCOCC1CCCO1)N1CCOCC1. The maximum Gasteiger partial charge on any atom is 0.191 e. The first-order valence-corrected chi connectivity index (χ1v) is 7.18. The van der Waals surface area contributed by atoms with Crippen molar-refractivity contribution in [3.8, 4) is 0 Å². The van der Waals surface area contributed by atoms with Crippen LogP contribution in [0.4, 0.5) is 0 Å². The molecule has 0 aromatic carbocycles. The highest BCUT2D eigenvalue weighted by molar-refractivity contribution is 5.78.